The van der Waals surface area contributed by atoms with E-state index in [1.165, 1.54) is 17.7 Å². The van der Waals surface area contributed by atoms with Crippen molar-refractivity contribution in [3.05, 3.63) is 70.1 Å². The van der Waals surface area contributed by atoms with Gasteiger partial charge in [-0.2, -0.15) is 13.2 Å². The van der Waals surface area contributed by atoms with Gasteiger partial charge in [-0.1, -0.05) is 18.2 Å². The summed E-state index contributed by atoms with van der Waals surface area (Å²) in [6, 6.07) is 9.80. The summed E-state index contributed by atoms with van der Waals surface area (Å²) in [5.41, 5.74) is 1.94. The minimum absolute atomic E-state index is 0.153. The largest absolute Gasteiger partial charge is 0.416 e. The minimum Gasteiger partial charge on any atom is -0.312 e. The van der Waals surface area contributed by atoms with Crippen LogP contribution in [0.4, 0.5) is 18.9 Å². The van der Waals surface area contributed by atoms with Crippen LogP contribution in [0.1, 0.15) is 22.3 Å². The van der Waals surface area contributed by atoms with E-state index in [2.05, 4.69) is 10.0 Å². The summed E-state index contributed by atoms with van der Waals surface area (Å²) in [6.45, 7) is 1.56. The molecule has 0 atom stereocenters. The van der Waals surface area contributed by atoms with Gasteiger partial charge in [-0.3, -0.25) is 4.72 Å². The van der Waals surface area contributed by atoms with E-state index in [-0.39, 0.29) is 5.56 Å². The number of fused-ring (bicyclic) bond motifs is 1. The Bertz CT molecular complexity index is 938. The molecule has 26 heavy (non-hydrogen) atoms. The van der Waals surface area contributed by atoms with Crippen molar-refractivity contribution in [1.29, 1.82) is 0 Å². The fraction of sp³-hybridized carbons (Fsp3) is 0.222. The monoisotopic (exact) mass is 382 g/mol. The predicted octanol–water partition coefficient (Wildman–Crippen LogP) is 3.76. The summed E-state index contributed by atoms with van der Waals surface area (Å²) in [5, 5.41) is 4.07. The fourth-order valence-corrected chi connectivity index (χ4v) is 3.59. The zero-order valence-corrected chi connectivity index (χ0v) is 14.5. The highest BCUT2D eigenvalue weighted by molar-refractivity contribution is 7.95. The van der Waals surface area contributed by atoms with Crippen molar-refractivity contribution in [3.63, 3.8) is 0 Å². The second kappa shape index (κ2) is 7.13. The predicted molar refractivity (Wildman–Crippen MR) is 94.9 cm³/mol. The Balaban J connectivity index is 1.76. The molecule has 2 aromatic rings. The number of nitrogens with one attached hydrogen (secondary N) is 2. The fourth-order valence-electron chi connectivity index (χ4n) is 2.73. The highest BCUT2D eigenvalue weighted by Gasteiger charge is 2.30. The van der Waals surface area contributed by atoms with Gasteiger partial charge in [0.1, 0.15) is 0 Å². The van der Waals surface area contributed by atoms with Crippen LogP contribution in [0.5, 0.6) is 0 Å². The molecule has 0 unspecified atom stereocenters. The molecule has 0 saturated heterocycles. The van der Waals surface area contributed by atoms with Crippen molar-refractivity contribution in [2.45, 2.75) is 19.1 Å². The van der Waals surface area contributed by atoms with Crippen molar-refractivity contribution >= 4 is 21.8 Å². The molecule has 0 spiro atoms. The number of anilines is 1. The van der Waals surface area contributed by atoms with E-state index >= 15 is 0 Å². The van der Waals surface area contributed by atoms with Gasteiger partial charge in [0, 0.05) is 12.2 Å². The van der Waals surface area contributed by atoms with E-state index in [9.17, 15) is 21.6 Å². The third kappa shape index (κ3) is 4.64. The quantitative estimate of drug-likeness (QED) is 0.847. The third-order valence-corrected chi connectivity index (χ3v) is 5.02. The molecule has 1 aliphatic rings. The van der Waals surface area contributed by atoms with Gasteiger partial charge >= 0.3 is 6.18 Å². The topological polar surface area (TPSA) is 58.2 Å². The summed E-state index contributed by atoms with van der Waals surface area (Å²) >= 11 is 0. The Morgan fingerprint density at radius 2 is 1.88 bits per heavy atom. The van der Waals surface area contributed by atoms with Crippen LogP contribution in [0.15, 0.2) is 47.9 Å². The third-order valence-electron chi connectivity index (χ3n) is 4.01. The maximum atomic E-state index is 12.7. The van der Waals surface area contributed by atoms with Gasteiger partial charge in [-0.05, 0) is 60.0 Å². The molecule has 1 heterocycles. The number of hydrogen-bond acceptors (Lipinski definition) is 3. The standard InChI is InChI=1S/C18H17F3N2O2S/c19-18(20,21)16-3-1-2-13(10-16)7-9-26(24,25)23-17-5-4-14-6-8-22-12-15(14)11-17/h1-5,7,9-11,22-23H,6,8,12H2/b9-7+. The van der Waals surface area contributed by atoms with E-state index in [4.69, 9.17) is 0 Å². The van der Waals surface area contributed by atoms with Crippen LogP contribution >= 0.6 is 0 Å². The molecule has 0 radical (unpaired) electrons. The van der Waals surface area contributed by atoms with Gasteiger partial charge in [-0.25, -0.2) is 8.42 Å². The normalized spacial score (nSPS) is 15.0. The van der Waals surface area contributed by atoms with Crippen LogP contribution in [0.3, 0.4) is 0 Å². The Morgan fingerprint density at radius 3 is 2.65 bits per heavy atom. The lowest BCUT2D eigenvalue weighted by Gasteiger charge is -2.18. The molecule has 1 aliphatic heterocycles. The maximum absolute atomic E-state index is 12.7. The molecular weight excluding hydrogens is 365 g/mol. The summed E-state index contributed by atoms with van der Waals surface area (Å²) in [4.78, 5) is 0. The van der Waals surface area contributed by atoms with Crippen molar-refractivity contribution in [2.75, 3.05) is 11.3 Å². The van der Waals surface area contributed by atoms with Gasteiger partial charge in [0.2, 0.25) is 0 Å². The Morgan fingerprint density at radius 1 is 1.08 bits per heavy atom. The van der Waals surface area contributed by atoms with Gasteiger partial charge in [-0.15, -0.1) is 0 Å². The minimum atomic E-state index is -4.47. The highest BCUT2D eigenvalue weighted by atomic mass is 32.2. The van der Waals surface area contributed by atoms with Gasteiger partial charge in [0.15, 0.2) is 0 Å². The van der Waals surface area contributed by atoms with Crippen LogP contribution in [0.25, 0.3) is 6.08 Å². The Kier molecular flexibility index (Phi) is 5.06. The number of rotatable bonds is 4. The lowest BCUT2D eigenvalue weighted by atomic mass is 10.0. The van der Waals surface area contributed by atoms with Crippen LogP contribution in [0.2, 0.25) is 0 Å². The molecule has 2 aromatic carbocycles. The first-order valence-electron chi connectivity index (χ1n) is 7.94. The number of sulfonamides is 1. The molecule has 138 valence electrons. The summed E-state index contributed by atoms with van der Waals surface area (Å²) < 4.78 is 64.9. The van der Waals surface area contributed by atoms with Crippen LogP contribution in [-0.2, 0) is 29.2 Å². The molecule has 8 heteroatoms. The highest BCUT2D eigenvalue weighted by Crippen LogP contribution is 2.29. The van der Waals surface area contributed by atoms with E-state index < -0.39 is 21.8 Å². The lowest BCUT2D eigenvalue weighted by molar-refractivity contribution is -0.137. The molecule has 0 saturated carbocycles. The van der Waals surface area contributed by atoms with Gasteiger partial charge in [0.05, 0.1) is 11.0 Å². The van der Waals surface area contributed by atoms with E-state index in [0.29, 0.717) is 12.2 Å². The number of alkyl halides is 3. The molecule has 2 N–H and O–H groups in total. The number of benzene rings is 2. The van der Waals surface area contributed by atoms with Crippen LogP contribution in [-0.4, -0.2) is 15.0 Å². The van der Waals surface area contributed by atoms with Gasteiger partial charge in [0.25, 0.3) is 10.0 Å². The molecule has 0 bridgehead atoms. The van der Waals surface area contributed by atoms with Crippen molar-refractivity contribution in [2.24, 2.45) is 0 Å². The summed E-state index contributed by atoms with van der Waals surface area (Å²) in [7, 11) is -3.84. The first-order chi connectivity index (χ1) is 12.2. The molecule has 0 aliphatic carbocycles. The number of halogens is 3. The van der Waals surface area contributed by atoms with E-state index in [1.54, 1.807) is 12.1 Å². The zero-order valence-electron chi connectivity index (χ0n) is 13.7. The number of hydrogen-bond donors (Lipinski definition) is 2. The van der Waals surface area contributed by atoms with Crippen molar-refractivity contribution < 1.29 is 21.6 Å². The van der Waals surface area contributed by atoms with Crippen molar-refractivity contribution in [1.82, 2.24) is 5.32 Å². The van der Waals surface area contributed by atoms with Crippen LogP contribution < -0.4 is 10.0 Å². The first-order valence-corrected chi connectivity index (χ1v) is 9.48. The Hall–Kier alpha value is -2.32. The first kappa shape index (κ1) is 18.5. The molecule has 3 rings (SSSR count). The van der Waals surface area contributed by atoms with Gasteiger partial charge < -0.3 is 5.32 Å². The second-order valence-corrected chi connectivity index (χ2v) is 7.55. The van der Waals surface area contributed by atoms with Crippen molar-refractivity contribution in [3.8, 4) is 0 Å². The molecule has 0 fully saturated rings. The molecular formula is C18H17F3N2O2S. The zero-order chi connectivity index (χ0) is 18.8. The molecule has 4 nitrogen and oxygen atoms in total. The summed E-state index contributed by atoms with van der Waals surface area (Å²) in [5.74, 6) is 0. The average Bonchev–Trinajstić information content (AvgIpc) is 2.59. The summed E-state index contributed by atoms with van der Waals surface area (Å²) in [6.07, 6.45) is -2.45. The molecule has 0 aromatic heterocycles. The van der Waals surface area contributed by atoms with Crippen LogP contribution in [0, 0.1) is 0 Å². The molecule has 0 amide bonds. The van der Waals surface area contributed by atoms with E-state index in [1.807, 2.05) is 6.07 Å². The second-order valence-electron chi connectivity index (χ2n) is 5.98. The maximum Gasteiger partial charge on any atom is 0.416 e. The average molecular weight is 382 g/mol. The lowest BCUT2D eigenvalue weighted by Crippen LogP contribution is -2.23. The SMILES string of the molecule is O=S(=O)(/C=C/c1cccc(C(F)(F)F)c1)Nc1ccc2c(c1)CNCC2. The van der Waals surface area contributed by atoms with E-state index in [0.717, 1.165) is 42.1 Å². The smallest absolute Gasteiger partial charge is 0.312 e. The Labute approximate surface area is 149 Å².